The van der Waals surface area contributed by atoms with E-state index in [2.05, 4.69) is 19.2 Å². The van der Waals surface area contributed by atoms with E-state index in [9.17, 15) is 4.79 Å². The van der Waals surface area contributed by atoms with Gasteiger partial charge in [0.05, 0.1) is 12.2 Å². The van der Waals surface area contributed by atoms with E-state index in [4.69, 9.17) is 23.2 Å². The lowest BCUT2D eigenvalue weighted by molar-refractivity contribution is -0.118. The zero-order valence-electron chi connectivity index (χ0n) is 10.6. The molecule has 0 aliphatic carbocycles. The van der Waals surface area contributed by atoms with E-state index < -0.39 is 0 Å². The Hall–Kier alpha value is -0.770. The molecule has 0 bridgehead atoms. The first-order chi connectivity index (χ1) is 8.40. The second-order valence-electron chi connectivity index (χ2n) is 4.91. The second-order valence-corrected chi connectivity index (χ2v) is 5.79. The molecule has 5 heteroatoms. The number of halogens is 2. The van der Waals surface area contributed by atoms with Crippen molar-refractivity contribution in [3.05, 3.63) is 28.2 Å². The van der Waals surface area contributed by atoms with Gasteiger partial charge in [0.15, 0.2) is 0 Å². The SMILES string of the molecule is CC(C)[C@H]1N[C@H](C)C(=O)N1c1cc(Cl)cc(Cl)c1. The van der Waals surface area contributed by atoms with Crippen molar-refractivity contribution in [2.45, 2.75) is 33.0 Å². The lowest BCUT2D eigenvalue weighted by Gasteiger charge is -2.27. The van der Waals surface area contributed by atoms with Crippen LogP contribution in [0.5, 0.6) is 0 Å². The molecular formula is C13H16Cl2N2O. The van der Waals surface area contributed by atoms with Gasteiger partial charge in [0, 0.05) is 15.7 Å². The summed E-state index contributed by atoms with van der Waals surface area (Å²) >= 11 is 12.0. The third kappa shape index (κ3) is 2.48. The molecule has 0 radical (unpaired) electrons. The van der Waals surface area contributed by atoms with Gasteiger partial charge in [-0.05, 0) is 31.0 Å². The molecule has 0 aromatic heterocycles. The average Bonchev–Trinajstić information content (AvgIpc) is 2.54. The van der Waals surface area contributed by atoms with Crippen LogP contribution in [0.3, 0.4) is 0 Å². The first-order valence-electron chi connectivity index (χ1n) is 5.95. The summed E-state index contributed by atoms with van der Waals surface area (Å²) in [7, 11) is 0. The fourth-order valence-electron chi connectivity index (χ4n) is 2.20. The Balaban J connectivity index is 2.42. The van der Waals surface area contributed by atoms with Crippen LogP contribution in [0.4, 0.5) is 5.69 Å². The highest BCUT2D eigenvalue weighted by Gasteiger charge is 2.38. The molecule has 2 rings (SSSR count). The van der Waals surface area contributed by atoms with Crippen LogP contribution in [0.1, 0.15) is 20.8 Å². The van der Waals surface area contributed by atoms with Crippen LogP contribution in [0.2, 0.25) is 10.0 Å². The fourth-order valence-corrected chi connectivity index (χ4v) is 2.72. The van der Waals surface area contributed by atoms with E-state index in [0.717, 1.165) is 5.69 Å². The smallest absolute Gasteiger partial charge is 0.245 e. The first-order valence-corrected chi connectivity index (χ1v) is 6.71. The van der Waals surface area contributed by atoms with Gasteiger partial charge in [-0.25, -0.2) is 0 Å². The average molecular weight is 287 g/mol. The van der Waals surface area contributed by atoms with Crippen LogP contribution in [-0.2, 0) is 4.79 Å². The van der Waals surface area contributed by atoms with Crippen molar-refractivity contribution >= 4 is 34.8 Å². The fraction of sp³-hybridized carbons (Fsp3) is 0.462. The van der Waals surface area contributed by atoms with Crippen LogP contribution >= 0.6 is 23.2 Å². The van der Waals surface area contributed by atoms with Crippen molar-refractivity contribution in [3.8, 4) is 0 Å². The lowest BCUT2D eigenvalue weighted by Crippen LogP contribution is -2.41. The molecule has 98 valence electrons. The maximum atomic E-state index is 12.2. The predicted octanol–water partition coefficient (Wildman–Crippen LogP) is 3.30. The molecule has 1 aromatic rings. The Bertz CT molecular complexity index is 456. The number of anilines is 1. The predicted molar refractivity (Wildman–Crippen MR) is 75.2 cm³/mol. The number of amides is 1. The quantitative estimate of drug-likeness (QED) is 0.905. The van der Waals surface area contributed by atoms with Crippen molar-refractivity contribution in [1.82, 2.24) is 5.32 Å². The molecule has 18 heavy (non-hydrogen) atoms. The van der Waals surface area contributed by atoms with Crippen LogP contribution in [0.25, 0.3) is 0 Å². The largest absolute Gasteiger partial charge is 0.295 e. The molecule has 1 amide bonds. The van der Waals surface area contributed by atoms with Crippen LogP contribution in [0.15, 0.2) is 18.2 Å². The molecule has 0 saturated carbocycles. The van der Waals surface area contributed by atoms with Crippen LogP contribution < -0.4 is 10.2 Å². The summed E-state index contributed by atoms with van der Waals surface area (Å²) in [5.74, 6) is 0.351. The van der Waals surface area contributed by atoms with Crippen molar-refractivity contribution in [3.63, 3.8) is 0 Å². The highest BCUT2D eigenvalue weighted by molar-refractivity contribution is 6.35. The number of hydrogen-bond acceptors (Lipinski definition) is 2. The Kier molecular flexibility index (Phi) is 3.85. The van der Waals surface area contributed by atoms with E-state index in [-0.39, 0.29) is 18.1 Å². The first kappa shape index (κ1) is 13.7. The third-order valence-electron chi connectivity index (χ3n) is 3.06. The van der Waals surface area contributed by atoms with E-state index in [0.29, 0.717) is 16.0 Å². The molecule has 0 spiro atoms. The summed E-state index contributed by atoms with van der Waals surface area (Å²) in [5.41, 5.74) is 0.744. The van der Waals surface area contributed by atoms with Gasteiger partial charge < -0.3 is 0 Å². The molecule has 1 heterocycles. The van der Waals surface area contributed by atoms with E-state index in [1.54, 1.807) is 23.1 Å². The normalized spacial score (nSPS) is 24.1. The van der Waals surface area contributed by atoms with Gasteiger partial charge in [-0.3, -0.25) is 15.0 Å². The number of nitrogens with one attached hydrogen (secondary N) is 1. The summed E-state index contributed by atoms with van der Waals surface area (Å²) in [4.78, 5) is 14.0. The second kappa shape index (κ2) is 5.08. The number of carbonyl (C=O) groups is 1. The Morgan fingerprint density at radius 2 is 1.78 bits per heavy atom. The zero-order valence-corrected chi connectivity index (χ0v) is 12.1. The van der Waals surface area contributed by atoms with E-state index in [1.165, 1.54) is 0 Å². The number of carbonyl (C=O) groups excluding carboxylic acids is 1. The van der Waals surface area contributed by atoms with Gasteiger partial charge in [0.2, 0.25) is 5.91 Å². The number of benzene rings is 1. The Morgan fingerprint density at radius 1 is 1.22 bits per heavy atom. The summed E-state index contributed by atoms with van der Waals surface area (Å²) in [6.45, 7) is 6.01. The highest BCUT2D eigenvalue weighted by atomic mass is 35.5. The molecule has 3 nitrogen and oxygen atoms in total. The standard InChI is InChI=1S/C13H16Cl2N2O/c1-7(2)12-16-8(3)13(18)17(12)11-5-9(14)4-10(15)6-11/h4-8,12,16H,1-3H3/t8-,12+/m1/s1. The molecule has 1 aliphatic heterocycles. The summed E-state index contributed by atoms with van der Waals surface area (Å²) in [6.07, 6.45) is -0.0259. The van der Waals surface area contributed by atoms with Gasteiger partial charge in [-0.15, -0.1) is 0 Å². The van der Waals surface area contributed by atoms with Gasteiger partial charge in [-0.1, -0.05) is 37.0 Å². The monoisotopic (exact) mass is 286 g/mol. The van der Waals surface area contributed by atoms with Crippen molar-refractivity contribution in [1.29, 1.82) is 0 Å². The van der Waals surface area contributed by atoms with Crippen molar-refractivity contribution in [2.24, 2.45) is 5.92 Å². The Labute approximate surface area is 117 Å². The minimum atomic E-state index is -0.185. The molecule has 0 unspecified atom stereocenters. The van der Waals surface area contributed by atoms with Crippen LogP contribution in [-0.4, -0.2) is 18.1 Å². The molecule has 1 fully saturated rings. The van der Waals surface area contributed by atoms with Crippen LogP contribution in [0, 0.1) is 5.92 Å². The molecule has 2 atom stereocenters. The lowest BCUT2D eigenvalue weighted by atomic mass is 10.1. The summed E-state index contributed by atoms with van der Waals surface area (Å²) in [5, 5.41) is 4.35. The molecule has 1 aromatic carbocycles. The third-order valence-corrected chi connectivity index (χ3v) is 3.50. The maximum Gasteiger partial charge on any atom is 0.245 e. The topological polar surface area (TPSA) is 32.3 Å². The van der Waals surface area contributed by atoms with Gasteiger partial charge in [-0.2, -0.15) is 0 Å². The minimum Gasteiger partial charge on any atom is -0.295 e. The van der Waals surface area contributed by atoms with E-state index >= 15 is 0 Å². The molecule has 1 N–H and O–H groups in total. The molecular weight excluding hydrogens is 271 g/mol. The number of hydrogen-bond donors (Lipinski definition) is 1. The van der Waals surface area contributed by atoms with Gasteiger partial charge in [0.25, 0.3) is 0 Å². The summed E-state index contributed by atoms with van der Waals surface area (Å²) in [6, 6.07) is 5.00. The number of rotatable bonds is 2. The van der Waals surface area contributed by atoms with Gasteiger partial charge in [0.1, 0.15) is 0 Å². The van der Waals surface area contributed by atoms with Crippen molar-refractivity contribution in [2.75, 3.05) is 4.90 Å². The van der Waals surface area contributed by atoms with Crippen molar-refractivity contribution < 1.29 is 4.79 Å². The minimum absolute atomic E-state index is 0.0259. The van der Waals surface area contributed by atoms with E-state index in [1.807, 2.05) is 6.92 Å². The molecule has 1 aliphatic rings. The molecule has 1 saturated heterocycles. The maximum absolute atomic E-state index is 12.2. The number of nitrogens with zero attached hydrogens (tertiary/aromatic N) is 1. The Morgan fingerprint density at radius 3 is 2.28 bits per heavy atom. The zero-order chi connectivity index (χ0) is 13.4. The van der Waals surface area contributed by atoms with Gasteiger partial charge >= 0.3 is 0 Å². The summed E-state index contributed by atoms with van der Waals surface area (Å²) < 4.78 is 0. The highest BCUT2D eigenvalue weighted by Crippen LogP contribution is 2.30.